The second-order valence-corrected chi connectivity index (χ2v) is 2.58. The van der Waals surface area contributed by atoms with Crippen LogP contribution in [0, 0.1) is 42.9 Å². The van der Waals surface area contributed by atoms with Crippen molar-refractivity contribution in [1.82, 2.24) is 0 Å². The number of ether oxygens (including phenoxy) is 2. The highest BCUT2D eigenvalue weighted by Crippen LogP contribution is 2.07. The molecule has 0 amide bonds. The summed E-state index contributed by atoms with van der Waals surface area (Å²) in [4.78, 5) is 22.7. The highest BCUT2D eigenvalue weighted by molar-refractivity contribution is 5.95. The Kier molecular flexibility index (Phi) is 6.79. The minimum absolute atomic E-state index is 0.118. The van der Waals surface area contributed by atoms with E-state index in [1.54, 1.807) is 0 Å². The molecule has 0 saturated heterocycles. The van der Waals surface area contributed by atoms with E-state index in [1.807, 2.05) is 0 Å². The Balaban J connectivity index is 4.44. The van der Waals surface area contributed by atoms with E-state index >= 15 is 0 Å². The van der Waals surface area contributed by atoms with Crippen LogP contribution in [0.2, 0.25) is 0 Å². The Morgan fingerprint density at radius 1 is 0.938 bits per heavy atom. The zero-order chi connectivity index (χ0) is 12.4. The molecule has 0 N–H and O–H groups in total. The van der Waals surface area contributed by atoms with Crippen LogP contribution in [0.1, 0.15) is 6.42 Å². The quantitative estimate of drug-likeness (QED) is 0.369. The normalized spacial score (nSPS) is 8.38. The van der Waals surface area contributed by atoms with Crippen molar-refractivity contribution >= 4 is 11.9 Å². The fourth-order valence-electron chi connectivity index (χ4n) is 0.808. The Morgan fingerprint density at radius 2 is 1.38 bits per heavy atom. The summed E-state index contributed by atoms with van der Waals surface area (Å²) in [7, 11) is 0. The van der Waals surface area contributed by atoms with Gasteiger partial charge in [0.1, 0.15) is 0 Å². The summed E-state index contributed by atoms with van der Waals surface area (Å²) in [5.74, 6) is 3.59. The molecule has 0 saturated carbocycles. The Morgan fingerprint density at radius 3 is 1.69 bits per heavy atom. The van der Waals surface area contributed by atoms with Gasteiger partial charge in [-0.2, -0.15) is 0 Å². The van der Waals surface area contributed by atoms with Gasteiger partial charge in [0.2, 0.25) is 0 Å². The molecule has 0 aromatic carbocycles. The van der Waals surface area contributed by atoms with Crippen molar-refractivity contribution in [2.75, 3.05) is 13.2 Å². The number of hydrogen-bond donors (Lipinski definition) is 0. The molecule has 0 radical (unpaired) electrons. The molecule has 4 nitrogen and oxygen atoms in total. The van der Waals surface area contributed by atoms with Crippen LogP contribution < -0.4 is 0 Å². The van der Waals surface area contributed by atoms with E-state index in [4.69, 9.17) is 19.3 Å². The molecule has 0 atom stereocenters. The maximum absolute atomic E-state index is 11.3. The fraction of sp³-hybridized carbons (Fsp3) is 0.333. The Hall–Kier alpha value is -2.38. The van der Waals surface area contributed by atoms with Gasteiger partial charge in [-0.05, 0) is 0 Å². The number of rotatable bonds is 5. The number of hydrogen-bond acceptors (Lipinski definition) is 4. The molecule has 0 rings (SSSR count). The zero-order valence-electron chi connectivity index (χ0n) is 8.56. The van der Waals surface area contributed by atoms with Crippen molar-refractivity contribution in [3.05, 3.63) is 0 Å². The van der Waals surface area contributed by atoms with Crippen molar-refractivity contribution in [2.45, 2.75) is 6.42 Å². The molecule has 0 fully saturated rings. The molecule has 0 aliphatic rings. The molecular weight excluding hydrogens is 208 g/mol. The summed E-state index contributed by atoms with van der Waals surface area (Å²) in [5, 5.41) is 0. The summed E-state index contributed by atoms with van der Waals surface area (Å²) in [6.07, 6.45) is 14.7. The minimum atomic E-state index is -1.17. The van der Waals surface area contributed by atoms with E-state index in [0.29, 0.717) is 0 Å². The third kappa shape index (κ3) is 4.74. The van der Waals surface area contributed by atoms with E-state index in [0.717, 1.165) is 0 Å². The summed E-state index contributed by atoms with van der Waals surface area (Å²) in [6.45, 7) is -0.440. The first-order valence-electron chi connectivity index (χ1n) is 4.31. The van der Waals surface area contributed by atoms with Crippen LogP contribution in [-0.2, 0) is 19.1 Å². The van der Waals surface area contributed by atoms with Crippen LogP contribution in [-0.4, -0.2) is 25.2 Å². The number of carbonyl (C=O) groups is 2. The lowest BCUT2D eigenvalue weighted by Gasteiger charge is -2.10. The maximum Gasteiger partial charge on any atom is 0.322 e. The highest BCUT2D eigenvalue weighted by Gasteiger charge is 2.28. The monoisotopic (exact) mass is 218 g/mol. The van der Waals surface area contributed by atoms with Gasteiger partial charge in [-0.3, -0.25) is 9.59 Å². The van der Waals surface area contributed by atoms with Gasteiger partial charge in [-0.15, -0.1) is 25.2 Å². The molecule has 0 aliphatic carbocycles. The van der Waals surface area contributed by atoms with Gasteiger partial charge in [0.05, 0.1) is 0 Å². The number of esters is 2. The molecule has 0 bridgehead atoms. The van der Waals surface area contributed by atoms with Gasteiger partial charge < -0.3 is 9.47 Å². The lowest BCUT2D eigenvalue weighted by atomic mass is 10.1. The second-order valence-electron chi connectivity index (χ2n) is 2.58. The van der Waals surface area contributed by atoms with E-state index in [1.165, 1.54) is 0 Å². The third-order valence-corrected chi connectivity index (χ3v) is 1.49. The third-order valence-electron chi connectivity index (χ3n) is 1.49. The fourth-order valence-corrected chi connectivity index (χ4v) is 0.808. The summed E-state index contributed by atoms with van der Waals surface area (Å²) < 4.78 is 9.17. The van der Waals surface area contributed by atoms with Gasteiger partial charge >= 0.3 is 11.9 Å². The smallest absolute Gasteiger partial charge is 0.322 e. The van der Waals surface area contributed by atoms with E-state index in [9.17, 15) is 9.59 Å². The molecule has 82 valence electrons. The molecule has 0 aromatic rings. The predicted octanol–water partition coefficient (Wildman–Crippen LogP) is -0.0213. The molecule has 16 heavy (non-hydrogen) atoms. The summed E-state index contributed by atoms with van der Waals surface area (Å²) in [5.41, 5.74) is 0. The largest absolute Gasteiger partial charge is 0.452 e. The molecule has 0 heterocycles. The van der Waals surface area contributed by atoms with Crippen molar-refractivity contribution in [1.29, 1.82) is 0 Å². The van der Waals surface area contributed by atoms with E-state index in [2.05, 4.69) is 27.2 Å². The molecule has 0 aliphatic heterocycles. The standard InChI is InChI=1S/C12H10O4/c1-4-7-10(11(13)15-8-5-2)12(14)16-9-6-3/h1-3,10H,7-9H2. The van der Waals surface area contributed by atoms with E-state index < -0.39 is 17.9 Å². The number of terminal acetylenes is 3. The maximum atomic E-state index is 11.3. The average molecular weight is 218 g/mol. The predicted molar refractivity (Wildman–Crippen MR) is 56.5 cm³/mol. The average Bonchev–Trinajstić information content (AvgIpc) is 2.29. The van der Waals surface area contributed by atoms with Crippen molar-refractivity contribution in [3.63, 3.8) is 0 Å². The molecule has 4 heteroatoms. The Labute approximate surface area is 94.3 Å². The lowest BCUT2D eigenvalue weighted by molar-refractivity contribution is -0.160. The number of carbonyl (C=O) groups excluding carboxylic acids is 2. The molecule has 0 aromatic heterocycles. The molecule has 0 unspecified atom stereocenters. The SMILES string of the molecule is C#CCOC(=O)C(CC#C)C(=O)OCC#C. The van der Waals surface area contributed by atoms with Gasteiger partial charge in [-0.1, -0.05) is 11.8 Å². The van der Waals surface area contributed by atoms with Crippen LogP contribution in [0.4, 0.5) is 0 Å². The molecule has 0 spiro atoms. The second kappa shape index (κ2) is 7.97. The summed E-state index contributed by atoms with van der Waals surface area (Å²) in [6, 6.07) is 0. The van der Waals surface area contributed by atoms with Gasteiger partial charge in [0.25, 0.3) is 0 Å². The topological polar surface area (TPSA) is 52.6 Å². The summed E-state index contributed by atoms with van der Waals surface area (Å²) >= 11 is 0. The van der Waals surface area contributed by atoms with Crippen molar-refractivity contribution in [2.24, 2.45) is 5.92 Å². The minimum Gasteiger partial charge on any atom is -0.452 e. The molecular formula is C12H10O4. The first-order valence-corrected chi connectivity index (χ1v) is 4.31. The van der Waals surface area contributed by atoms with Gasteiger partial charge in [0.15, 0.2) is 19.1 Å². The first kappa shape index (κ1) is 13.6. The van der Waals surface area contributed by atoms with Crippen LogP contribution in [0.3, 0.4) is 0 Å². The van der Waals surface area contributed by atoms with Gasteiger partial charge in [0, 0.05) is 6.42 Å². The Bertz CT molecular complexity index is 345. The van der Waals surface area contributed by atoms with Crippen LogP contribution in [0.15, 0.2) is 0 Å². The van der Waals surface area contributed by atoms with E-state index in [-0.39, 0.29) is 19.6 Å². The van der Waals surface area contributed by atoms with Crippen molar-refractivity contribution < 1.29 is 19.1 Å². The van der Waals surface area contributed by atoms with Crippen LogP contribution in [0.25, 0.3) is 0 Å². The van der Waals surface area contributed by atoms with Crippen LogP contribution in [0.5, 0.6) is 0 Å². The lowest BCUT2D eigenvalue weighted by Crippen LogP contribution is -2.28. The van der Waals surface area contributed by atoms with Crippen LogP contribution >= 0.6 is 0 Å². The van der Waals surface area contributed by atoms with Gasteiger partial charge in [-0.25, -0.2) is 0 Å². The zero-order valence-corrected chi connectivity index (χ0v) is 8.56. The van der Waals surface area contributed by atoms with Crippen molar-refractivity contribution in [3.8, 4) is 37.0 Å². The highest BCUT2D eigenvalue weighted by atomic mass is 16.6. The first-order chi connectivity index (χ1) is 7.67.